The number of rotatable bonds is 7. The number of nitrogens with one attached hydrogen (secondary N) is 1. The summed E-state index contributed by atoms with van der Waals surface area (Å²) in [7, 11) is 0. The van der Waals surface area contributed by atoms with Gasteiger partial charge in [-0.05, 0) is 39.7 Å². The van der Waals surface area contributed by atoms with E-state index < -0.39 is 21.1 Å². The summed E-state index contributed by atoms with van der Waals surface area (Å²) in [5, 5.41) is 25.9. The molecule has 1 aromatic carbocycles. The number of ether oxygens (including phenoxy) is 1. The van der Waals surface area contributed by atoms with Gasteiger partial charge in [0.05, 0.1) is 22.3 Å². The zero-order valence-corrected chi connectivity index (χ0v) is 14.7. The molecule has 26 heavy (non-hydrogen) atoms. The second-order valence-electron chi connectivity index (χ2n) is 6.69. The Bertz CT molecular complexity index is 774. The number of non-ortho nitro benzene ring substituents is 1. The summed E-state index contributed by atoms with van der Waals surface area (Å²) in [5.41, 5.74) is 2.05. The molecule has 0 unspecified atom stereocenters. The van der Waals surface area contributed by atoms with Crippen molar-refractivity contribution in [1.82, 2.24) is 0 Å². The molecule has 1 N–H and O–H groups in total. The normalized spacial score (nSPS) is 19.1. The lowest BCUT2D eigenvalue weighted by Gasteiger charge is -2.24. The summed E-state index contributed by atoms with van der Waals surface area (Å²) in [5.74, 6) is -0.136. The lowest BCUT2D eigenvalue weighted by atomic mass is 9.86. The van der Waals surface area contributed by atoms with Crippen molar-refractivity contribution in [3.05, 3.63) is 38.4 Å². The zero-order valence-electron chi connectivity index (χ0n) is 14.7. The highest BCUT2D eigenvalue weighted by molar-refractivity contribution is 5.83. The van der Waals surface area contributed by atoms with Crippen molar-refractivity contribution in [3.63, 3.8) is 0 Å². The van der Waals surface area contributed by atoms with E-state index in [4.69, 9.17) is 4.74 Å². The minimum Gasteiger partial charge on any atom is -0.459 e. The topological polar surface area (TPSA) is 137 Å². The Labute approximate surface area is 149 Å². The highest BCUT2D eigenvalue weighted by Crippen LogP contribution is 2.35. The third-order valence-corrected chi connectivity index (χ3v) is 4.38. The first-order valence-corrected chi connectivity index (χ1v) is 8.04. The molecule has 0 amide bonds. The fraction of sp³-hybridized carbons (Fsp3) is 0.500. The quantitative estimate of drug-likeness (QED) is 0.338. The Kier molecular flexibility index (Phi) is 5.53. The van der Waals surface area contributed by atoms with E-state index in [1.807, 2.05) is 13.8 Å². The molecule has 0 spiro atoms. The molecule has 0 radical (unpaired) electrons. The van der Waals surface area contributed by atoms with E-state index in [-0.39, 0.29) is 23.3 Å². The standard InChI is InChI=1S/C16H20N4O6/c1-10(4-5-11-8-15(21)26-16(11,2)3)17-18-13-7-6-12(19(22)23)9-14(13)20(24)25/h6-7,9,11,18H,4-5,8H2,1-3H3/b17-10+/t11-/m1/s1. The molecule has 1 fully saturated rings. The van der Waals surface area contributed by atoms with Gasteiger partial charge in [-0.2, -0.15) is 5.10 Å². The van der Waals surface area contributed by atoms with Crippen LogP contribution in [-0.2, 0) is 9.53 Å². The minimum absolute atomic E-state index is 0.0691. The van der Waals surface area contributed by atoms with Gasteiger partial charge < -0.3 is 4.74 Å². The van der Waals surface area contributed by atoms with Gasteiger partial charge in [0.2, 0.25) is 0 Å². The second kappa shape index (κ2) is 7.46. The number of hydrogen-bond acceptors (Lipinski definition) is 8. The van der Waals surface area contributed by atoms with Crippen LogP contribution in [0.2, 0.25) is 0 Å². The number of hydrogen-bond donors (Lipinski definition) is 1. The second-order valence-corrected chi connectivity index (χ2v) is 6.69. The summed E-state index contributed by atoms with van der Waals surface area (Å²) in [6, 6.07) is 3.31. The third-order valence-electron chi connectivity index (χ3n) is 4.38. The summed E-state index contributed by atoms with van der Waals surface area (Å²) in [6.45, 7) is 5.50. The number of nitro groups is 2. The van der Waals surface area contributed by atoms with Gasteiger partial charge in [0, 0.05) is 17.7 Å². The van der Waals surface area contributed by atoms with E-state index in [0.29, 0.717) is 25.0 Å². The summed E-state index contributed by atoms with van der Waals surface area (Å²) in [6.07, 6.45) is 1.64. The molecule has 1 aliphatic heterocycles. The number of cyclic esters (lactones) is 1. The predicted octanol–water partition coefficient (Wildman–Crippen LogP) is 3.41. The summed E-state index contributed by atoms with van der Waals surface area (Å²) < 4.78 is 5.27. The van der Waals surface area contributed by atoms with Crippen LogP contribution in [-0.4, -0.2) is 27.1 Å². The van der Waals surface area contributed by atoms with Crippen LogP contribution in [0.5, 0.6) is 0 Å². The van der Waals surface area contributed by atoms with E-state index in [1.54, 1.807) is 6.92 Å². The van der Waals surface area contributed by atoms with Crippen molar-refractivity contribution in [2.45, 2.75) is 45.6 Å². The Hall–Kier alpha value is -3.04. The Morgan fingerprint density at radius 1 is 1.35 bits per heavy atom. The van der Waals surface area contributed by atoms with Crippen molar-refractivity contribution in [1.29, 1.82) is 0 Å². The molecule has 0 aromatic heterocycles. The number of nitro benzene ring substituents is 2. The van der Waals surface area contributed by atoms with E-state index in [0.717, 1.165) is 6.07 Å². The molecule has 0 bridgehead atoms. The van der Waals surface area contributed by atoms with Gasteiger partial charge in [-0.3, -0.25) is 30.4 Å². The number of benzene rings is 1. The number of hydrazone groups is 1. The van der Waals surface area contributed by atoms with Crippen molar-refractivity contribution in [3.8, 4) is 0 Å². The minimum atomic E-state index is -0.704. The average molecular weight is 364 g/mol. The molecule has 10 heteroatoms. The average Bonchev–Trinajstić information content (AvgIpc) is 2.82. The first-order chi connectivity index (χ1) is 12.1. The molecule has 140 valence electrons. The molecular formula is C16H20N4O6. The van der Waals surface area contributed by atoms with Crippen LogP contribution in [0.1, 0.15) is 40.0 Å². The van der Waals surface area contributed by atoms with Crippen LogP contribution in [0.3, 0.4) is 0 Å². The van der Waals surface area contributed by atoms with E-state index in [9.17, 15) is 25.0 Å². The maximum Gasteiger partial charge on any atom is 0.306 e. The maximum absolute atomic E-state index is 11.4. The lowest BCUT2D eigenvalue weighted by Crippen LogP contribution is -2.27. The van der Waals surface area contributed by atoms with Gasteiger partial charge in [0.1, 0.15) is 11.3 Å². The van der Waals surface area contributed by atoms with Crippen molar-refractivity contribution in [2.24, 2.45) is 11.0 Å². The van der Waals surface area contributed by atoms with Crippen molar-refractivity contribution < 1.29 is 19.4 Å². The van der Waals surface area contributed by atoms with Crippen LogP contribution in [0, 0.1) is 26.1 Å². The Balaban J connectivity index is 2.03. The SMILES string of the molecule is C/C(CC[C@@H]1CC(=O)OC1(C)C)=N\Nc1ccc([N+](=O)[O-])cc1[N+](=O)[O-]. The molecular weight excluding hydrogens is 344 g/mol. The van der Waals surface area contributed by atoms with Gasteiger partial charge in [0.15, 0.2) is 0 Å². The molecule has 1 aromatic rings. The van der Waals surface area contributed by atoms with Gasteiger partial charge >= 0.3 is 11.7 Å². The predicted molar refractivity (Wildman–Crippen MR) is 94.0 cm³/mol. The van der Waals surface area contributed by atoms with Gasteiger partial charge in [-0.25, -0.2) is 0 Å². The highest BCUT2D eigenvalue weighted by atomic mass is 16.6. The lowest BCUT2D eigenvalue weighted by molar-refractivity contribution is -0.393. The molecule has 1 aliphatic rings. The largest absolute Gasteiger partial charge is 0.459 e. The highest BCUT2D eigenvalue weighted by Gasteiger charge is 2.41. The van der Waals surface area contributed by atoms with Crippen molar-refractivity contribution in [2.75, 3.05) is 5.43 Å². The van der Waals surface area contributed by atoms with E-state index in [2.05, 4.69) is 10.5 Å². The van der Waals surface area contributed by atoms with Crippen LogP contribution < -0.4 is 5.43 Å². The molecule has 0 saturated carbocycles. The Morgan fingerprint density at radius 2 is 2.04 bits per heavy atom. The smallest absolute Gasteiger partial charge is 0.306 e. The molecule has 10 nitrogen and oxygen atoms in total. The van der Waals surface area contributed by atoms with Crippen LogP contribution in [0.4, 0.5) is 17.1 Å². The van der Waals surface area contributed by atoms with Crippen LogP contribution in [0.15, 0.2) is 23.3 Å². The zero-order chi connectivity index (χ0) is 19.5. The van der Waals surface area contributed by atoms with Gasteiger partial charge in [-0.1, -0.05) is 0 Å². The van der Waals surface area contributed by atoms with Crippen LogP contribution in [0.25, 0.3) is 0 Å². The van der Waals surface area contributed by atoms with Gasteiger partial charge in [-0.15, -0.1) is 0 Å². The van der Waals surface area contributed by atoms with E-state index in [1.165, 1.54) is 12.1 Å². The molecule has 1 atom stereocenters. The molecule has 2 rings (SSSR count). The fourth-order valence-electron chi connectivity index (χ4n) is 2.79. The number of nitrogens with zero attached hydrogens (tertiary/aromatic N) is 3. The molecule has 1 saturated heterocycles. The van der Waals surface area contributed by atoms with Crippen LogP contribution >= 0.6 is 0 Å². The first kappa shape index (κ1) is 19.3. The fourth-order valence-corrected chi connectivity index (χ4v) is 2.79. The van der Waals surface area contributed by atoms with Gasteiger partial charge in [0.25, 0.3) is 5.69 Å². The summed E-state index contributed by atoms with van der Waals surface area (Å²) >= 11 is 0. The maximum atomic E-state index is 11.4. The first-order valence-electron chi connectivity index (χ1n) is 8.04. The number of carbonyl (C=O) groups is 1. The van der Waals surface area contributed by atoms with E-state index >= 15 is 0 Å². The Morgan fingerprint density at radius 3 is 2.58 bits per heavy atom. The third kappa shape index (κ3) is 4.52. The van der Waals surface area contributed by atoms with Crippen molar-refractivity contribution >= 4 is 28.7 Å². The molecule has 0 aliphatic carbocycles. The number of esters is 1. The number of anilines is 1. The summed E-state index contributed by atoms with van der Waals surface area (Å²) in [4.78, 5) is 31.9. The molecule has 1 heterocycles. The monoisotopic (exact) mass is 364 g/mol. The number of carbonyl (C=O) groups excluding carboxylic acids is 1.